The molecular formula is C23H25N7O4S. The molecule has 0 spiro atoms. The van der Waals surface area contributed by atoms with Crippen molar-refractivity contribution in [1.29, 1.82) is 0 Å². The monoisotopic (exact) mass is 495 g/mol. The van der Waals surface area contributed by atoms with Crippen LogP contribution < -0.4 is 14.8 Å². The van der Waals surface area contributed by atoms with E-state index in [-0.39, 0.29) is 18.0 Å². The number of sulfonamides is 1. The van der Waals surface area contributed by atoms with Gasteiger partial charge >= 0.3 is 0 Å². The van der Waals surface area contributed by atoms with Crippen molar-refractivity contribution in [2.75, 3.05) is 10.0 Å². The number of pyridine rings is 1. The lowest BCUT2D eigenvalue weighted by atomic mass is 9.88. The van der Waals surface area contributed by atoms with Gasteiger partial charge in [0, 0.05) is 18.0 Å². The summed E-state index contributed by atoms with van der Waals surface area (Å²) in [5.41, 5.74) is 0.650. The fourth-order valence-electron chi connectivity index (χ4n) is 3.25. The minimum Gasteiger partial charge on any atom is -0.473 e. The van der Waals surface area contributed by atoms with Gasteiger partial charge in [0.2, 0.25) is 27.8 Å². The van der Waals surface area contributed by atoms with Gasteiger partial charge in [-0.1, -0.05) is 0 Å². The molecule has 12 heteroatoms. The predicted octanol–water partition coefficient (Wildman–Crippen LogP) is 2.69. The molecule has 3 aromatic heterocycles. The molecule has 2 fully saturated rings. The van der Waals surface area contributed by atoms with Crippen molar-refractivity contribution in [3.63, 3.8) is 0 Å². The quantitative estimate of drug-likeness (QED) is 0.457. The number of ether oxygens (including phenoxy) is 1. The van der Waals surface area contributed by atoms with Gasteiger partial charge in [0.15, 0.2) is 0 Å². The van der Waals surface area contributed by atoms with Crippen LogP contribution in [0.15, 0.2) is 43.0 Å². The number of carbonyl (C=O) groups excluding carboxylic acids is 1. The number of carbonyl (C=O) groups is 1. The van der Waals surface area contributed by atoms with Crippen molar-refractivity contribution in [2.24, 2.45) is 0 Å². The van der Waals surface area contributed by atoms with Crippen LogP contribution in [-0.4, -0.2) is 50.6 Å². The smallest absolute Gasteiger partial charge is 0.237 e. The molecule has 0 radical (unpaired) electrons. The van der Waals surface area contributed by atoms with Gasteiger partial charge in [0.1, 0.15) is 11.9 Å². The minimum absolute atomic E-state index is 0.0493. The second-order valence-corrected chi connectivity index (χ2v) is 11.1. The highest BCUT2D eigenvalue weighted by Gasteiger charge is 2.37. The lowest BCUT2D eigenvalue weighted by Crippen LogP contribution is -2.36. The molecule has 0 saturated heterocycles. The number of anilines is 2. The molecule has 0 atom stereocenters. The van der Waals surface area contributed by atoms with Crippen molar-refractivity contribution < 1.29 is 17.9 Å². The molecule has 0 aliphatic heterocycles. The van der Waals surface area contributed by atoms with E-state index in [1.165, 1.54) is 6.20 Å². The predicted molar refractivity (Wildman–Crippen MR) is 128 cm³/mol. The highest BCUT2D eigenvalue weighted by atomic mass is 32.2. The Kier molecular flexibility index (Phi) is 5.83. The Morgan fingerprint density at radius 2 is 1.83 bits per heavy atom. The van der Waals surface area contributed by atoms with Crippen molar-refractivity contribution in [2.45, 2.75) is 56.3 Å². The fourth-order valence-corrected chi connectivity index (χ4v) is 4.53. The Hall–Kier alpha value is -3.67. The van der Waals surface area contributed by atoms with Gasteiger partial charge in [-0.15, -0.1) is 0 Å². The molecule has 11 nitrogen and oxygen atoms in total. The Morgan fingerprint density at radius 1 is 1.03 bits per heavy atom. The molecule has 35 heavy (non-hydrogen) atoms. The molecule has 0 bridgehead atoms. The lowest BCUT2D eigenvalue weighted by molar-refractivity contribution is -0.120. The standard InChI is InChI=1S/C23H25N7O4S/c1-23(2,18-9-10-25-22(28-18)30-35(32,33)16-6-7-16)21(31)29-19-8-3-14(11-26-19)17-12-24-13-20(27-17)34-15-4-5-15/h3,8-13,15-16H,4-7H2,1-2H3,(H,25,28,30)(H,26,29,31). The maximum absolute atomic E-state index is 13.1. The van der Waals surface area contributed by atoms with E-state index in [1.54, 1.807) is 50.6 Å². The van der Waals surface area contributed by atoms with Gasteiger partial charge in [-0.2, -0.15) is 0 Å². The Labute approximate surface area is 202 Å². The molecule has 1 amide bonds. The molecule has 3 aromatic rings. The van der Waals surface area contributed by atoms with Gasteiger partial charge in [-0.25, -0.2) is 28.4 Å². The molecule has 5 rings (SSSR count). The van der Waals surface area contributed by atoms with Crippen LogP contribution in [0.3, 0.4) is 0 Å². The first-order valence-corrected chi connectivity index (χ1v) is 12.9. The first-order chi connectivity index (χ1) is 16.7. The Bertz CT molecular complexity index is 1350. The van der Waals surface area contributed by atoms with Crippen molar-refractivity contribution >= 4 is 27.7 Å². The molecule has 2 N–H and O–H groups in total. The number of hydrogen-bond donors (Lipinski definition) is 2. The van der Waals surface area contributed by atoms with Gasteiger partial charge < -0.3 is 10.1 Å². The van der Waals surface area contributed by atoms with Crippen LogP contribution in [0.5, 0.6) is 5.88 Å². The number of nitrogens with one attached hydrogen (secondary N) is 2. The van der Waals surface area contributed by atoms with E-state index < -0.39 is 20.7 Å². The Morgan fingerprint density at radius 3 is 2.51 bits per heavy atom. The maximum Gasteiger partial charge on any atom is 0.237 e. The van der Waals surface area contributed by atoms with E-state index in [4.69, 9.17) is 4.74 Å². The second-order valence-electron chi connectivity index (χ2n) is 9.18. The summed E-state index contributed by atoms with van der Waals surface area (Å²) >= 11 is 0. The first-order valence-electron chi connectivity index (χ1n) is 11.3. The Balaban J connectivity index is 1.27. The number of rotatable bonds is 9. The molecule has 3 heterocycles. The highest BCUT2D eigenvalue weighted by molar-refractivity contribution is 7.93. The molecule has 0 aromatic carbocycles. The highest BCUT2D eigenvalue weighted by Crippen LogP contribution is 2.30. The van der Waals surface area contributed by atoms with Gasteiger partial charge in [-0.3, -0.25) is 14.5 Å². The molecular weight excluding hydrogens is 470 g/mol. The topological polar surface area (TPSA) is 149 Å². The summed E-state index contributed by atoms with van der Waals surface area (Å²) in [6, 6.07) is 5.05. The largest absolute Gasteiger partial charge is 0.473 e. The van der Waals surface area contributed by atoms with Crippen LogP contribution >= 0.6 is 0 Å². The maximum atomic E-state index is 13.1. The average Bonchev–Trinajstić information content (AvgIpc) is 3.74. The van der Waals surface area contributed by atoms with Gasteiger partial charge in [-0.05, 0) is 57.7 Å². The molecule has 2 aliphatic carbocycles. The van der Waals surface area contributed by atoms with Crippen LogP contribution in [0.4, 0.5) is 11.8 Å². The summed E-state index contributed by atoms with van der Waals surface area (Å²) in [5.74, 6) is 0.431. The molecule has 182 valence electrons. The van der Waals surface area contributed by atoms with Crippen molar-refractivity contribution in [3.8, 4) is 17.1 Å². The van der Waals surface area contributed by atoms with E-state index in [2.05, 4.69) is 35.0 Å². The lowest BCUT2D eigenvalue weighted by Gasteiger charge is -2.23. The van der Waals surface area contributed by atoms with Crippen LogP contribution in [-0.2, 0) is 20.2 Å². The summed E-state index contributed by atoms with van der Waals surface area (Å²) in [4.78, 5) is 34.3. The molecule has 2 saturated carbocycles. The minimum atomic E-state index is -3.51. The zero-order valence-electron chi connectivity index (χ0n) is 19.3. The zero-order chi connectivity index (χ0) is 24.6. The van der Waals surface area contributed by atoms with Gasteiger partial charge in [0.25, 0.3) is 0 Å². The van der Waals surface area contributed by atoms with E-state index in [1.807, 2.05) is 0 Å². The SMILES string of the molecule is CC(C)(C(=O)Nc1ccc(-c2cncc(OC3CC3)n2)cn1)c1ccnc(NS(=O)(=O)C2CC2)n1. The fraction of sp³-hybridized carbons (Fsp3) is 0.391. The molecule has 0 unspecified atom stereocenters. The van der Waals surface area contributed by atoms with E-state index in [0.717, 1.165) is 18.4 Å². The van der Waals surface area contributed by atoms with E-state index in [9.17, 15) is 13.2 Å². The van der Waals surface area contributed by atoms with Crippen molar-refractivity contribution in [3.05, 3.63) is 48.7 Å². The van der Waals surface area contributed by atoms with Crippen LogP contribution in [0.2, 0.25) is 0 Å². The number of nitrogens with zero attached hydrogens (tertiary/aromatic N) is 5. The summed E-state index contributed by atoms with van der Waals surface area (Å²) in [7, 11) is -3.51. The molecule has 2 aliphatic rings. The van der Waals surface area contributed by atoms with E-state index >= 15 is 0 Å². The van der Waals surface area contributed by atoms with Crippen LogP contribution in [0.25, 0.3) is 11.3 Å². The zero-order valence-corrected chi connectivity index (χ0v) is 20.1. The summed E-state index contributed by atoms with van der Waals surface area (Å²) in [5, 5.41) is 2.39. The third-order valence-electron chi connectivity index (χ3n) is 5.79. The number of aromatic nitrogens is 5. The second kappa shape index (κ2) is 8.84. The number of amides is 1. The average molecular weight is 496 g/mol. The van der Waals surface area contributed by atoms with Crippen LogP contribution in [0, 0.1) is 0 Å². The summed E-state index contributed by atoms with van der Waals surface area (Å²) < 4.78 is 32.5. The van der Waals surface area contributed by atoms with Crippen molar-refractivity contribution in [1.82, 2.24) is 24.9 Å². The van der Waals surface area contributed by atoms with Crippen LogP contribution in [0.1, 0.15) is 45.2 Å². The summed E-state index contributed by atoms with van der Waals surface area (Å²) in [6.45, 7) is 3.39. The third kappa shape index (κ3) is 5.37. The normalized spacial score (nSPS) is 15.9. The first kappa shape index (κ1) is 23.1. The summed E-state index contributed by atoms with van der Waals surface area (Å²) in [6.07, 6.45) is 9.78. The van der Waals surface area contributed by atoms with Gasteiger partial charge in [0.05, 0.1) is 34.4 Å². The third-order valence-corrected chi connectivity index (χ3v) is 7.60. The number of hydrogen-bond acceptors (Lipinski definition) is 9. The van der Waals surface area contributed by atoms with E-state index in [0.29, 0.717) is 35.9 Å².